The fourth-order valence-electron chi connectivity index (χ4n) is 2.37. The van der Waals surface area contributed by atoms with Crippen LogP contribution in [0, 0.1) is 6.92 Å². The molecular weight excluding hydrogens is 354 g/mol. The van der Waals surface area contributed by atoms with Gasteiger partial charge in [0.2, 0.25) is 0 Å². The van der Waals surface area contributed by atoms with E-state index >= 15 is 0 Å². The normalized spacial score (nSPS) is 13.3. The van der Waals surface area contributed by atoms with Gasteiger partial charge in [0.1, 0.15) is 0 Å². The van der Waals surface area contributed by atoms with Crippen molar-refractivity contribution < 1.29 is 9.53 Å². The number of morpholine rings is 1. The van der Waals surface area contributed by atoms with Crippen LogP contribution in [0.1, 0.15) is 42.9 Å². The molecule has 0 spiro atoms. The third-order valence-electron chi connectivity index (χ3n) is 3.52. The van der Waals surface area contributed by atoms with E-state index in [0.29, 0.717) is 36.9 Å². The van der Waals surface area contributed by atoms with E-state index in [-0.39, 0.29) is 5.91 Å². The lowest BCUT2D eigenvalue weighted by Gasteiger charge is -2.27. The summed E-state index contributed by atoms with van der Waals surface area (Å²) in [5, 5.41) is 0.509. The Labute approximate surface area is 160 Å². The molecule has 1 aromatic heterocycles. The SMILES string of the molecule is CC.CC.Cc1ccc(-c2ccc(C(=O)N3CCOCC3)c(Cl)c2)s1. The molecule has 0 aliphatic carbocycles. The first-order valence-corrected chi connectivity index (χ1v) is 10.1. The molecule has 5 heteroatoms. The summed E-state index contributed by atoms with van der Waals surface area (Å²) in [6.07, 6.45) is 0. The number of hydrogen-bond donors (Lipinski definition) is 0. The number of carbonyl (C=O) groups excluding carboxylic acids is 1. The maximum absolute atomic E-state index is 12.5. The summed E-state index contributed by atoms with van der Waals surface area (Å²) in [6.45, 7) is 12.5. The Balaban J connectivity index is 0.000000730. The molecule has 0 unspecified atom stereocenters. The number of hydrogen-bond acceptors (Lipinski definition) is 3. The Morgan fingerprint density at radius 1 is 1.08 bits per heavy atom. The van der Waals surface area contributed by atoms with Crippen LogP contribution in [0.4, 0.5) is 0 Å². The highest BCUT2D eigenvalue weighted by Crippen LogP contribution is 2.31. The quantitative estimate of drug-likeness (QED) is 0.647. The topological polar surface area (TPSA) is 29.5 Å². The molecular formula is C20H28ClNO2S. The van der Waals surface area contributed by atoms with Crippen molar-refractivity contribution in [3.8, 4) is 10.4 Å². The summed E-state index contributed by atoms with van der Waals surface area (Å²) in [6, 6.07) is 9.83. The second-order valence-electron chi connectivity index (χ2n) is 5.01. The number of thiophene rings is 1. The van der Waals surface area contributed by atoms with Gasteiger partial charge in [-0.3, -0.25) is 4.79 Å². The molecule has 3 nitrogen and oxygen atoms in total. The molecule has 1 amide bonds. The van der Waals surface area contributed by atoms with Crippen LogP contribution in [-0.4, -0.2) is 37.1 Å². The molecule has 2 heterocycles. The Bertz CT molecular complexity index is 663. The summed E-state index contributed by atoms with van der Waals surface area (Å²) < 4.78 is 5.27. The van der Waals surface area contributed by atoms with Crippen LogP contribution >= 0.6 is 22.9 Å². The maximum Gasteiger partial charge on any atom is 0.255 e. The van der Waals surface area contributed by atoms with Crippen LogP contribution < -0.4 is 0 Å². The van der Waals surface area contributed by atoms with Gasteiger partial charge in [0.05, 0.1) is 23.8 Å². The molecule has 1 fully saturated rings. The van der Waals surface area contributed by atoms with E-state index in [1.54, 1.807) is 16.2 Å². The molecule has 1 aromatic carbocycles. The zero-order valence-corrected chi connectivity index (χ0v) is 17.3. The Kier molecular flexibility index (Phi) is 9.79. The van der Waals surface area contributed by atoms with Crippen molar-refractivity contribution in [1.82, 2.24) is 4.90 Å². The number of aryl methyl sites for hydroxylation is 1. The summed E-state index contributed by atoms with van der Waals surface area (Å²) in [5.74, 6) is -0.0165. The minimum atomic E-state index is -0.0165. The van der Waals surface area contributed by atoms with Crippen molar-refractivity contribution >= 4 is 28.8 Å². The van der Waals surface area contributed by atoms with E-state index in [1.165, 1.54) is 9.75 Å². The molecule has 25 heavy (non-hydrogen) atoms. The lowest BCUT2D eigenvalue weighted by Crippen LogP contribution is -2.40. The second-order valence-corrected chi connectivity index (χ2v) is 6.70. The Morgan fingerprint density at radius 3 is 2.24 bits per heavy atom. The molecule has 3 rings (SSSR count). The molecule has 138 valence electrons. The lowest BCUT2D eigenvalue weighted by atomic mass is 10.1. The molecule has 0 bridgehead atoms. The smallest absolute Gasteiger partial charge is 0.255 e. The van der Waals surface area contributed by atoms with Gasteiger partial charge >= 0.3 is 0 Å². The molecule has 0 radical (unpaired) electrons. The average Bonchev–Trinajstić information content (AvgIpc) is 3.11. The van der Waals surface area contributed by atoms with Gasteiger partial charge in [-0.05, 0) is 36.8 Å². The molecule has 0 atom stereocenters. The van der Waals surface area contributed by atoms with E-state index < -0.39 is 0 Å². The zero-order valence-electron chi connectivity index (χ0n) is 15.8. The summed E-state index contributed by atoms with van der Waals surface area (Å²) >= 11 is 8.05. The fourth-order valence-corrected chi connectivity index (χ4v) is 3.49. The van der Waals surface area contributed by atoms with Gasteiger partial charge in [-0.15, -0.1) is 11.3 Å². The van der Waals surface area contributed by atoms with Crippen molar-refractivity contribution in [3.63, 3.8) is 0 Å². The van der Waals surface area contributed by atoms with Crippen LogP contribution in [0.2, 0.25) is 5.02 Å². The van der Waals surface area contributed by atoms with Gasteiger partial charge in [0.25, 0.3) is 5.91 Å². The highest BCUT2D eigenvalue weighted by molar-refractivity contribution is 7.15. The van der Waals surface area contributed by atoms with Crippen LogP contribution in [0.25, 0.3) is 10.4 Å². The molecule has 1 aliphatic rings. The molecule has 0 N–H and O–H groups in total. The number of amides is 1. The van der Waals surface area contributed by atoms with Crippen molar-refractivity contribution in [2.45, 2.75) is 34.6 Å². The number of nitrogens with zero attached hydrogens (tertiary/aromatic N) is 1. The molecule has 0 saturated carbocycles. The van der Waals surface area contributed by atoms with Crippen LogP contribution in [0.3, 0.4) is 0 Å². The molecule has 1 saturated heterocycles. The maximum atomic E-state index is 12.5. The average molecular weight is 382 g/mol. The number of benzene rings is 1. The predicted molar refractivity (Wildman–Crippen MR) is 109 cm³/mol. The van der Waals surface area contributed by atoms with Crippen molar-refractivity contribution in [1.29, 1.82) is 0 Å². The largest absolute Gasteiger partial charge is 0.378 e. The van der Waals surface area contributed by atoms with Crippen LogP contribution in [0.5, 0.6) is 0 Å². The first-order valence-electron chi connectivity index (χ1n) is 8.88. The van der Waals surface area contributed by atoms with Crippen molar-refractivity contribution in [3.05, 3.63) is 45.8 Å². The highest BCUT2D eigenvalue weighted by Gasteiger charge is 2.20. The van der Waals surface area contributed by atoms with Crippen LogP contribution in [-0.2, 0) is 4.74 Å². The minimum absolute atomic E-state index is 0.0165. The molecule has 1 aliphatic heterocycles. The number of carbonyl (C=O) groups is 1. The van der Waals surface area contributed by atoms with Gasteiger partial charge < -0.3 is 9.64 Å². The number of rotatable bonds is 2. The van der Waals surface area contributed by atoms with E-state index in [0.717, 1.165) is 5.56 Å². The zero-order chi connectivity index (χ0) is 18.8. The van der Waals surface area contributed by atoms with Crippen molar-refractivity contribution in [2.24, 2.45) is 0 Å². The Hall–Kier alpha value is -1.36. The van der Waals surface area contributed by atoms with E-state index in [9.17, 15) is 4.79 Å². The fraction of sp³-hybridized carbons (Fsp3) is 0.450. The van der Waals surface area contributed by atoms with Gasteiger partial charge in [0.15, 0.2) is 0 Å². The number of ether oxygens (including phenoxy) is 1. The summed E-state index contributed by atoms with van der Waals surface area (Å²) in [4.78, 5) is 16.7. The Morgan fingerprint density at radius 2 is 1.72 bits per heavy atom. The van der Waals surface area contributed by atoms with Gasteiger partial charge in [-0.25, -0.2) is 0 Å². The van der Waals surface area contributed by atoms with E-state index in [1.807, 2.05) is 45.9 Å². The van der Waals surface area contributed by atoms with E-state index in [4.69, 9.17) is 16.3 Å². The van der Waals surface area contributed by atoms with E-state index in [2.05, 4.69) is 19.1 Å². The summed E-state index contributed by atoms with van der Waals surface area (Å²) in [5.41, 5.74) is 1.62. The lowest BCUT2D eigenvalue weighted by molar-refractivity contribution is 0.0303. The molecule has 2 aromatic rings. The standard InChI is InChI=1S/C16H16ClNO2S.2C2H6/c1-11-2-5-15(21-11)12-3-4-13(14(17)10-12)16(19)18-6-8-20-9-7-18;2*1-2/h2-5,10H,6-9H2,1H3;2*1-2H3. The summed E-state index contributed by atoms with van der Waals surface area (Å²) in [7, 11) is 0. The predicted octanol–water partition coefficient (Wildman–Crippen LogP) is 5.90. The first-order chi connectivity index (χ1) is 12.1. The van der Waals surface area contributed by atoms with Gasteiger partial charge in [-0.1, -0.05) is 45.4 Å². The van der Waals surface area contributed by atoms with Crippen LogP contribution in [0.15, 0.2) is 30.3 Å². The minimum Gasteiger partial charge on any atom is -0.378 e. The third kappa shape index (κ3) is 5.84. The van der Waals surface area contributed by atoms with Crippen molar-refractivity contribution in [2.75, 3.05) is 26.3 Å². The highest BCUT2D eigenvalue weighted by atomic mass is 35.5. The number of halogens is 1. The monoisotopic (exact) mass is 381 g/mol. The van der Waals surface area contributed by atoms with Gasteiger partial charge in [0, 0.05) is 22.8 Å². The van der Waals surface area contributed by atoms with Gasteiger partial charge in [-0.2, -0.15) is 0 Å². The first kappa shape index (κ1) is 21.7. The third-order valence-corrected chi connectivity index (χ3v) is 4.89. The second kappa shape index (κ2) is 11.3.